The van der Waals surface area contributed by atoms with Crippen LogP contribution in [0.5, 0.6) is 0 Å². The van der Waals surface area contributed by atoms with Crippen LogP contribution in [0.4, 0.5) is 0 Å². The van der Waals surface area contributed by atoms with Gasteiger partial charge >= 0.3 is 0 Å². The van der Waals surface area contributed by atoms with Crippen molar-refractivity contribution in [1.82, 2.24) is 4.90 Å². The lowest BCUT2D eigenvalue weighted by Gasteiger charge is -2.33. The number of amides is 1. The van der Waals surface area contributed by atoms with E-state index in [0.29, 0.717) is 11.8 Å². The van der Waals surface area contributed by atoms with Crippen LogP contribution in [0, 0.1) is 5.92 Å². The predicted molar refractivity (Wildman–Crippen MR) is 63.8 cm³/mol. The maximum absolute atomic E-state index is 12.1. The molecule has 4 heteroatoms. The van der Waals surface area contributed by atoms with Crippen molar-refractivity contribution >= 4 is 17.7 Å². The first-order chi connectivity index (χ1) is 7.31. The van der Waals surface area contributed by atoms with E-state index >= 15 is 0 Å². The predicted octanol–water partition coefficient (Wildman–Crippen LogP) is 1.08. The zero-order chi connectivity index (χ0) is 10.7. The first-order valence-corrected chi connectivity index (χ1v) is 6.96. The number of likely N-dealkylation sites (tertiary alicyclic amines) is 1. The Hall–Kier alpha value is -0.220. The second-order valence-electron chi connectivity index (χ2n) is 4.53. The Morgan fingerprint density at radius 1 is 1.40 bits per heavy atom. The summed E-state index contributed by atoms with van der Waals surface area (Å²) in [7, 11) is 0. The van der Waals surface area contributed by atoms with Gasteiger partial charge in [-0.05, 0) is 43.9 Å². The average Bonchev–Trinajstić information content (AvgIpc) is 2.81. The second kappa shape index (κ2) is 5.21. The third kappa shape index (κ3) is 2.67. The maximum Gasteiger partial charge on any atom is 0.235 e. The SMILES string of the molecule is NCC1CCCN(C(=O)C2CCCS2)C1. The Balaban J connectivity index is 1.88. The number of piperidine rings is 1. The highest BCUT2D eigenvalue weighted by Crippen LogP contribution is 2.29. The molecule has 0 bridgehead atoms. The highest BCUT2D eigenvalue weighted by atomic mass is 32.2. The topological polar surface area (TPSA) is 46.3 Å². The van der Waals surface area contributed by atoms with Gasteiger partial charge in [-0.25, -0.2) is 0 Å². The lowest BCUT2D eigenvalue weighted by molar-refractivity contribution is -0.132. The highest BCUT2D eigenvalue weighted by Gasteiger charge is 2.30. The maximum atomic E-state index is 12.1. The van der Waals surface area contributed by atoms with Crippen molar-refractivity contribution < 1.29 is 4.79 Å². The van der Waals surface area contributed by atoms with Crippen LogP contribution in [0.25, 0.3) is 0 Å². The smallest absolute Gasteiger partial charge is 0.235 e. The van der Waals surface area contributed by atoms with Gasteiger partial charge in [0.25, 0.3) is 0 Å². The van der Waals surface area contributed by atoms with Crippen LogP contribution in [0.2, 0.25) is 0 Å². The molecule has 2 unspecified atom stereocenters. The summed E-state index contributed by atoms with van der Waals surface area (Å²) in [5.41, 5.74) is 5.68. The molecule has 86 valence electrons. The van der Waals surface area contributed by atoms with Crippen LogP contribution in [0.1, 0.15) is 25.7 Å². The summed E-state index contributed by atoms with van der Waals surface area (Å²) in [5, 5.41) is 0.251. The molecule has 2 fully saturated rings. The monoisotopic (exact) mass is 228 g/mol. The minimum Gasteiger partial charge on any atom is -0.341 e. The van der Waals surface area contributed by atoms with Crippen LogP contribution in [0.15, 0.2) is 0 Å². The molecule has 2 aliphatic rings. The van der Waals surface area contributed by atoms with Gasteiger partial charge < -0.3 is 10.6 Å². The Labute approximate surface area is 95.8 Å². The van der Waals surface area contributed by atoms with Gasteiger partial charge in [-0.15, -0.1) is 11.8 Å². The minimum atomic E-state index is 0.251. The van der Waals surface area contributed by atoms with Gasteiger partial charge in [-0.2, -0.15) is 0 Å². The van der Waals surface area contributed by atoms with Crippen molar-refractivity contribution in [1.29, 1.82) is 0 Å². The number of carbonyl (C=O) groups excluding carboxylic acids is 1. The normalized spacial score (nSPS) is 31.9. The van der Waals surface area contributed by atoms with Crippen molar-refractivity contribution in [3.05, 3.63) is 0 Å². The molecular weight excluding hydrogens is 208 g/mol. The van der Waals surface area contributed by atoms with Gasteiger partial charge in [0.1, 0.15) is 0 Å². The summed E-state index contributed by atoms with van der Waals surface area (Å²) in [6, 6.07) is 0. The standard InChI is InChI=1S/C11H20N2OS/c12-7-9-3-1-5-13(8-9)11(14)10-4-2-6-15-10/h9-10H,1-8,12H2. The lowest BCUT2D eigenvalue weighted by atomic mass is 9.98. The molecule has 1 amide bonds. The quantitative estimate of drug-likeness (QED) is 0.769. The molecule has 0 spiro atoms. The first-order valence-electron chi connectivity index (χ1n) is 5.91. The number of nitrogens with zero attached hydrogens (tertiary/aromatic N) is 1. The molecule has 3 nitrogen and oxygen atoms in total. The molecule has 2 atom stereocenters. The summed E-state index contributed by atoms with van der Waals surface area (Å²) >= 11 is 1.83. The Morgan fingerprint density at radius 2 is 2.27 bits per heavy atom. The Kier molecular flexibility index (Phi) is 3.92. The van der Waals surface area contributed by atoms with Crippen LogP contribution < -0.4 is 5.73 Å². The molecule has 2 aliphatic heterocycles. The Morgan fingerprint density at radius 3 is 2.93 bits per heavy atom. The zero-order valence-corrected chi connectivity index (χ0v) is 9.97. The minimum absolute atomic E-state index is 0.251. The van der Waals surface area contributed by atoms with Crippen molar-refractivity contribution in [2.45, 2.75) is 30.9 Å². The molecular formula is C11H20N2OS. The zero-order valence-electron chi connectivity index (χ0n) is 9.15. The molecule has 0 radical (unpaired) electrons. The van der Waals surface area contributed by atoms with Crippen molar-refractivity contribution in [2.24, 2.45) is 11.7 Å². The molecule has 0 aromatic carbocycles. The van der Waals surface area contributed by atoms with Gasteiger partial charge in [-0.3, -0.25) is 4.79 Å². The van der Waals surface area contributed by atoms with E-state index in [1.165, 1.54) is 12.8 Å². The number of carbonyl (C=O) groups is 1. The van der Waals surface area contributed by atoms with E-state index in [0.717, 1.165) is 38.2 Å². The van der Waals surface area contributed by atoms with E-state index in [1.54, 1.807) is 0 Å². The third-order valence-electron chi connectivity index (χ3n) is 3.37. The summed E-state index contributed by atoms with van der Waals surface area (Å²) in [5.74, 6) is 2.06. The molecule has 0 aromatic heterocycles. The van der Waals surface area contributed by atoms with Gasteiger partial charge in [0.15, 0.2) is 0 Å². The fraction of sp³-hybridized carbons (Fsp3) is 0.909. The fourth-order valence-corrected chi connectivity index (χ4v) is 3.68. The molecule has 2 saturated heterocycles. The van der Waals surface area contributed by atoms with Gasteiger partial charge in [0.05, 0.1) is 5.25 Å². The Bertz CT molecular complexity index is 229. The average molecular weight is 228 g/mol. The van der Waals surface area contributed by atoms with E-state index in [1.807, 2.05) is 16.7 Å². The molecule has 15 heavy (non-hydrogen) atoms. The van der Waals surface area contributed by atoms with Crippen LogP contribution in [-0.4, -0.2) is 41.4 Å². The highest BCUT2D eigenvalue weighted by molar-refractivity contribution is 8.00. The van der Waals surface area contributed by atoms with E-state index in [9.17, 15) is 4.79 Å². The number of hydrogen-bond acceptors (Lipinski definition) is 3. The molecule has 0 aliphatic carbocycles. The second-order valence-corrected chi connectivity index (χ2v) is 5.84. The third-order valence-corrected chi connectivity index (χ3v) is 4.73. The molecule has 2 heterocycles. The summed E-state index contributed by atoms with van der Waals surface area (Å²) in [4.78, 5) is 14.2. The molecule has 0 aromatic rings. The van der Waals surface area contributed by atoms with Gasteiger partial charge in [-0.1, -0.05) is 0 Å². The number of hydrogen-bond donors (Lipinski definition) is 1. The molecule has 0 saturated carbocycles. The van der Waals surface area contributed by atoms with Crippen LogP contribution in [0.3, 0.4) is 0 Å². The van der Waals surface area contributed by atoms with Crippen molar-refractivity contribution in [2.75, 3.05) is 25.4 Å². The number of nitrogens with two attached hydrogens (primary N) is 1. The van der Waals surface area contributed by atoms with E-state index < -0.39 is 0 Å². The summed E-state index contributed by atoms with van der Waals surface area (Å²) in [6.07, 6.45) is 4.60. The fourth-order valence-electron chi connectivity index (χ4n) is 2.43. The van der Waals surface area contributed by atoms with Crippen molar-refractivity contribution in [3.63, 3.8) is 0 Å². The lowest BCUT2D eigenvalue weighted by Crippen LogP contribution is -2.45. The molecule has 2 N–H and O–H groups in total. The summed E-state index contributed by atoms with van der Waals surface area (Å²) in [6.45, 7) is 2.57. The number of thioether (sulfide) groups is 1. The largest absolute Gasteiger partial charge is 0.341 e. The van der Waals surface area contributed by atoms with Crippen LogP contribution >= 0.6 is 11.8 Å². The number of rotatable bonds is 2. The van der Waals surface area contributed by atoms with E-state index in [-0.39, 0.29) is 5.25 Å². The summed E-state index contributed by atoms with van der Waals surface area (Å²) < 4.78 is 0. The molecule has 2 rings (SSSR count). The first kappa shape index (κ1) is 11.3. The van der Waals surface area contributed by atoms with Crippen molar-refractivity contribution in [3.8, 4) is 0 Å². The van der Waals surface area contributed by atoms with Crippen LogP contribution in [-0.2, 0) is 4.79 Å². The van der Waals surface area contributed by atoms with E-state index in [2.05, 4.69) is 0 Å². The van der Waals surface area contributed by atoms with E-state index in [4.69, 9.17) is 5.73 Å². The van der Waals surface area contributed by atoms with Gasteiger partial charge in [0.2, 0.25) is 5.91 Å². The van der Waals surface area contributed by atoms with Gasteiger partial charge in [0, 0.05) is 13.1 Å².